The van der Waals surface area contributed by atoms with Crippen LogP contribution < -0.4 is 10.6 Å². The Morgan fingerprint density at radius 2 is 1.88 bits per heavy atom. The molecule has 0 aliphatic heterocycles. The van der Waals surface area contributed by atoms with Gasteiger partial charge >= 0.3 is 6.18 Å². The van der Waals surface area contributed by atoms with Crippen LogP contribution in [0.3, 0.4) is 0 Å². The molecule has 0 heterocycles. The van der Waals surface area contributed by atoms with E-state index in [1.807, 2.05) is 6.07 Å². The van der Waals surface area contributed by atoms with Gasteiger partial charge in [-0.3, -0.25) is 0 Å². The van der Waals surface area contributed by atoms with Crippen molar-refractivity contribution < 1.29 is 17.6 Å². The van der Waals surface area contributed by atoms with E-state index >= 15 is 0 Å². The molecule has 0 saturated carbocycles. The largest absolute Gasteiger partial charge is 0.419 e. The number of halogens is 4. The summed E-state index contributed by atoms with van der Waals surface area (Å²) in [6.45, 7) is -0.209. The molecule has 8 heteroatoms. The van der Waals surface area contributed by atoms with E-state index in [9.17, 15) is 17.6 Å². The molecule has 24 heavy (non-hydrogen) atoms. The third-order valence-corrected chi connectivity index (χ3v) is 3.32. The quantitative estimate of drug-likeness (QED) is 0.641. The van der Waals surface area contributed by atoms with Gasteiger partial charge in [-0.05, 0) is 36.5 Å². The third kappa shape index (κ3) is 4.43. The minimum Gasteiger partial charge on any atom is -0.358 e. The van der Waals surface area contributed by atoms with Crippen molar-refractivity contribution >= 4 is 23.0 Å². The molecule has 0 aromatic heterocycles. The Labute approximate surface area is 140 Å². The van der Waals surface area contributed by atoms with Gasteiger partial charge in [0.2, 0.25) is 0 Å². The lowest BCUT2D eigenvalue weighted by molar-refractivity contribution is -0.140. The predicted octanol–water partition coefficient (Wildman–Crippen LogP) is 4.20. The fraction of sp³-hybridized carbons (Fsp3) is 0.125. The number of nitrogens with zero attached hydrogens (tertiary/aromatic N) is 1. The van der Waals surface area contributed by atoms with E-state index in [1.165, 1.54) is 6.07 Å². The van der Waals surface area contributed by atoms with Crippen LogP contribution in [0.25, 0.3) is 0 Å². The summed E-state index contributed by atoms with van der Waals surface area (Å²) in [4.78, 5) is 0. The molecule has 0 amide bonds. The average Bonchev–Trinajstić information content (AvgIpc) is 2.53. The number of benzene rings is 2. The second kappa shape index (κ2) is 7.27. The van der Waals surface area contributed by atoms with Crippen molar-refractivity contribution in [1.82, 2.24) is 5.32 Å². The van der Waals surface area contributed by atoms with E-state index in [0.717, 1.165) is 6.07 Å². The summed E-state index contributed by atoms with van der Waals surface area (Å²) in [6.07, 6.45) is -4.75. The van der Waals surface area contributed by atoms with Gasteiger partial charge in [0, 0.05) is 17.8 Å². The lowest BCUT2D eigenvalue weighted by Crippen LogP contribution is -2.28. The molecular weight excluding hydrogens is 342 g/mol. The molecule has 0 bridgehead atoms. The second-order valence-corrected chi connectivity index (χ2v) is 5.18. The molecule has 0 atom stereocenters. The molecule has 0 spiro atoms. The van der Waals surface area contributed by atoms with Gasteiger partial charge in [-0.15, -0.1) is 0 Å². The fourth-order valence-electron chi connectivity index (χ4n) is 1.95. The molecule has 0 aliphatic rings. The molecule has 2 aromatic carbocycles. The number of alkyl halides is 3. The Kier molecular flexibility index (Phi) is 5.36. The number of rotatable bonds is 3. The van der Waals surface area contributed by atoms with Crippen LogP contribution in [0.1, 0.15) is 16.7 Å². The first kappa shape index (κ1) is 17.7. The highest BCUT2D eigenvalue weighted by atomic mass is 32.1. The Hall–Kier alpha value is -2.66. The second-order valence-electron chi connectivity index (χ2n) is 4.78. The van der Waals surface area contributed by atoms with Gasteiger partial charge in [0.25, 0.3) is 0 Å². The first-order chi connectivity index (χ1) is 11.3. The zero-order valence-corrected chi connectivity index (χ0v) is 12.9. The first-order valence-corrected chi connectivity index (χ1v) is 7.11. The lowest BCUT2D eigenvalue weighted by Gasteiger charge is -2.13. The zero-order chi connectivity index (χ0) is 17.7. The maximum absolute atomic E-state index is 13.9. The highest BCUT2D eigenvalue weighted by Gasteiger charge is 2.34. The minimum atomic E-state index is -4.75. The van der Waals surface area contributed by atoms with Gasteiger partial charge in [0.1, 0.15) is 5.82 Å². The molecule has 2 N–H and O–H groups in total. The number of nitrogens with one attached hydrogen (secondary N) is 2. The van der Waals surface area contributed by atoms with Gasteiger partial charge in [-0.1, -0.05) is 18.2 Å². The van der Waals surface area contributed by atoms with E-state index in [2.05, 4.69) is 10.6 Å². The van der Waals surface area contributed by atoms with Crippen molar-refractivity contribution in [2.75, 3.05) is 5.32 Å². The summed E-state index contributed by atoms with van der Waals surface area (Å²) in [5, 5.41) is 14.3. The Balaban J connectivity index is 2.03. The van der Waals surface area contributed by atoms with Crippen molar-refractivity contribution in [3.05, 3.63) is 65.0 Å². The van der Waals surface area contributed by atoms with Gasteiger partial charge in [0.05, 0.1) is 17.2 Å². The molecule has 0 saturated heterocycles. The predicted molar refractivity (Wildman–Crippen MR) is 85.6 cm³/mol. The van der Waals surface area contributed by atoms with Crippen molar-refractivity contribution in [2.45, 2.75) is 12.7 Å². The van der Waals surface area contributed by atoms with Crippen LogP contribution in [-0.2, 0) is 12.7 Å². The maximum Gasteiger partial charge on any atom is 0.419 e. The van der Waals surface area contributed by atoms with Crippen LogP contribution in [0, 0.1) is 17.1 Å². The molecule has 2 aromatic rings. The van der Waals surface area contributed by atoms with Gasteiger partial charge < -0.3 is 10.6 Å². The van der Waals surface area contributed by atoms with Gasteiger partial charge in [-0.25, -0.2) is 4.39 Å². The van der Waals surface area contributed by atoms with E-state index in [4.69, 9.17) is 17.5 Å². The van der Waals surface area contributed by atoms with E-state index in [0.29, 0.717) is 17.3 Å². The summed E-state index contributed by atoms with van der Waals surface area (Å²) in [5.41, 5.74) is -0.509. The Morgan fingerprint density at radius 1 is 1.17 bits per heavy atom. The molecule has 124 valence electrons. The van der Waals surface area contributed by atoms with Crippen LogP contribution in [-0.4, -0.2) is 5.11 Å². The van der Waals surface area contributed by atoms with Gasteiger partial charge in [-0.2, -0.15) is 18.4 Å². The molecule has 0 unspecified atom stereocenters. The minimum absolute atomic E-state index is 0.0990. The molecular formula is C16H11F4N3S. The number of thiocarbonyl (C=S) groups is 1. The Bertz CT molecular complexity index is 797. The van der Waals surface area contributed by atoms with E-state index < -0.39 is 17.6 Å². The summed E-state index contributed by atoms with van der Waals surface area (Å²) in [6, 6.07) is 11.5. The van der Waals surface area contributed by atoms with Crippen LogP contribution in [0.2, 0.25) is 0 Å². The average molecular weight is 353 g/mol. The van der Waals surface area contributed by atoms with Crippen LogP contribution in [0.4, 0.5) is 23.2 Å². The smallest absolute Gasteiger partial charge is 0.358 e. The molecule has 0 aliphatic carbocycles. The highest BCUT2D eigenvalue weighted by molar-refractivity contribution is 7.80. The SMILES string of the molecule is N#Cc1cccc(NC(=S)NCc2cccc(C(F)(F)F)c2F)c1. The number of hydrogen-bond acceptors (Lipinski definition) is 2. The topological polar surface area (TPSA) is 47.9 Å². The summed E-state index contributed by atoms with van der Waals surface area (Å²) in [7, 11) is 0. The molecule has 3 nitrogen and oxygen atoms in total. The molecule has 0 fully saturated rings. The van der Waals surface area contributed by atoms with Crippen LogP contribution in [0.15, 0.2) is 42.5 Å². The number of anilines is 1. The normalized spacial score (nSPS) is 10.8. The monoisotopic (exact) mass is 353 g/mol. The van der Waals surface area contributed by atoms with E-state index in [-0.39, 0.29) is 17.2 Å². The van der Waals surface area contributed by atoms with Crippen molar-refractivity contribution in [1.29, 1.82) is 5.26 Å². The van der Waals surface area contributed by atoms with Gasteiger partial charge in [0.15, 0.2) is 5.11 Å². The summed E-state index contributed by atoms with van der Waals surface area (Å²) in [5.74, 6) is -1.33. The zero-order valence-electron chi connectivity index (χ0n) is 12.1. The first-order valence-electron chi connectivity index (χ1n) is 6.71. The third-order valence-electron chi connectivity index (χ3n) is 3.07. The summed E-state index contributed by atoms with van der Waals surface area (Å²) < 4.78 is 51.9. The standard InChI is InChI=1S/C16H11F4N3S/c17-14-11(4-2-6-13(14)16(18,19)20)9-22-15(24)23-12-5-1-3-10(7-12)8-21/h1-7H,9H2,(H2,22,23,24). The summed E-state index contributed by atoms with van der Waals surface area (Å²) >= 11 is 5.01. The van der Waals surface area contributed by atoms with Crippen molar-refractivity contribution in [2.24, 2.45) is 0 Å². The van der Waals surface area contributed by atoms with Crippen molar-refractivity contribution in [3.63, 3.8) is 0 Å². The lowest BCUT2D eigenvalue weighted by atomic mass is 10.1. The Morgan fingerprint density at radius 3 is 2.54 bits per heavy atom. The maximum atomic E-state index is 13.9. The van der Waals surface area contributed by atoms with Crippen LogP contribution in [0.5, 0.6) is 0 Å². The molecule has 0 radical (unpaired) electrons. The van der Waals surface area contributed by atoms with E-state index in [1.54, 1.807) is 24.3 Å². The fourth-order valence-corrected chi connectivity index (χ4v) is 2.14. The molecule has 2 rings (SSSR count). The van der Waals surface area contributed by atoms with Crippen molar-refractivity contribution in [3.8, 4) is 6.07 Å². The highest BCUT2D eigenvalue weighted by Crippen LogP contribution is 2.32. The number of hydrogen-bond donors (Lipinski definition) is 2. The van der Waals surface area contributed by atoms with Crippen LogP contribution >= 0.6 is 12.2 Å². The number of nitriles is 1.